The van der Waals surface area contributed by atoms with Crippen LogP contribution in [0.5, 0.6) is 0 Å². The van der Waals surface area contributed by atoms with E-state index in [1.807, 2.05) is 36.4 Å². The Morgan fingerprint density at radius 3 is 1.92 bits per heavy atom. The first-order chi connectivity index (χ1) is 19.0. The summed E-state index contributed by atoms with van der Waals surface area (Å²) in [7, 11) is 0. The van der Waals surface area contributed by atoms with Crippen LogP contribution in [0, 0.1) is 16.7 Å². The summed E-state index contributed by atoms with van der Waals surface area (Å²) in [6, 6.07) is 13.9. The van der Waals surface area contributed by atoms with Gasteiger partial charge in [0, 0.05) is 49.1 Å². The Morgan fingerprint density at radius 1 is 0.872 bits per heavy atom. The molecule has 2 N–H and O–H groups in total. The van der Waals surface area contributed by atoms with Gasteiger partial charge in [-0.05, 0) is 60.4 Å². The lowest BCUT2D eigenvalue weighted by molar-refractivity contribution is -0.127. The number of hydrogen-bond acceptors (Lipinski definition) is 7. The fraction of sp³-hybridized carbons (Fsp3) is 0.276. The molecule has 1 aliphatic carbocycles. The highest BCUT2D eigenvalue weighted by molar-refractivity contribution is 9.09. The lowest BCUT2D eigenvalue weighted by atomic mass is 9.85. The van der Waals surface area contributed by atoms with E-state index in [4.69, 9.17) is 9.97 Å². The maximum atomic E-state index is 13.2. The van der Waals surface area contributed by atoms with Gasteiger partial charge in [-0.3, -0.25) is 19.6 Å². The molecule has 6 rings (SSSR count). The van der Waals surface area contributed by atoms with Gasteiger partial charge in [0.15, 0.2) is 0 Å². The van der Waals surface area contributed by atoms with E-state index in [1.54, 1.807) is 12.4 Å². The normalized spacial score (nSPS) is 13.9. The minimum Gasteiger partial charge on any atom is -0.355 e. The highest BCUT2D eigenvalue weighted by Gasteiger charge is 2.44. The van der Waals surface area contributed by atoms with Crippen molar-refractivity contribution in [1.29, 1.82) is 5.26 Å². The molecule has 194 valence electrons. The van der Waals surface area contributed by atoms with Crippen LogP contribution in [0.2, 0.25) is 0 Å². The molecule has 0 spiro atoms. The molecule has 0 unspecified atom stereocenters. The second-order valence-electron chi connectivity index (χ2n) is 9.82. The number of fused-ring (bicyclic) bond motifs is 8. The number of benzene rings is 2. The number of alkyl halides is 1. The SMILES string of the molecule is N#CC1(C(=O)NCCCCNC(=O)CBr)Cc2cc3nc4c5cccnc5c5ncccc5c4nc3cc2C1. The fourth-order valence-corrected chi connectivity index (χ4v) is 5.56. The molecule has 3 heterocycles. The number of hydrogen-bond donors (Lipinski definition) is 2. The van der Waals surface area contributed by atoms with E-state index in [0.717, 1.165) is 50.4 Å². The van der Waals surface area contributed by atoms with E-state index in [9.17, 15) is 14.9 Å². The molecule has 10 heteroatoms. The summed E-state index contributed by atoms with van der Waals surface area (Å²) in [5, 5.41) is 17.9. The first-order valence-corrected chi connectivity index (χ1v) is 13.9. The van der Waals surface area contributed by atoms with Gasteiger partial charge in [0.2, 0.25) is 11.8 Å². The number of nitriles is 1. The topological polar surface area (TPSA) is 134 Å². The Balaban J connectivity index is 1.30. The molecule has 5 aromatic rings. The molecular weight excluding hydrogens is 558 g/mol. The molecule has 2 amide bonds. The monoisotopic (exact) mass is 581 g/mol. The molecule has 0 saturated heterocycles. The number of halogens is 1. The summed E-state index contributed by atoms with van der Waals surface area (Å²) in [5.74, 6) is -0.333. The summed E-state index contributed by atoms with van der Waals surface area (Å²) < 4.78 is 0. The van der Waals surface area contributed by atoms with Crippen molar-refractivity contribution in [3.8, 4) is 6.07 Å². The van der Waals surface area contributed by atoms with Gasteiger partial charge in [-0.2, -0.15) is 5.26 Å². The Bertz CT molecular complexity index is 1730. The zero-order chi connectivity index (χ0) is 27.0. The summed E-state index contributed by atoms with van der Waals surface area (Å²) in [4.78, 5) is 43.6. The third-order valence-corrected chi connectivity index (χ3v) is 7.81. The average Bonchev–Trinajstić information content (AvgIpc) is 3.35. The first kappa shape index (κ1) is 25.1. The zero-order valence-electron chi connectivity index (χ0n) is 21.0. The molecule has 3 aromatic heterocycles. The van der Waals surface area contributed by atoms with Crippen molar-refractivity contribution in [2.24, 2.45) is 5.41 Å². The number of carbonyl (C=O) groups excluding carboxylic acids is 2. The molecule has 0 fully saturated rings. The predicted octanol–water partition coefficient (Wildman–Crippen LogP) is 3.90. The number of pyridine rings is 2. The van der Waals surface area contributed by atoms with E-state index < -0.39 is 5.41 Å². The van der Waals surface area contributed by atoms with Crippen LogP contribution >= 0.6 is 15.9 Å². The summed E-state index contributed by atoms with van der Waals surface area (Å²) in [6.07, 6.45) is 5.59. The summed E-state index contributed by atoms with van der Waals surface area (Å²) in [6.45, 7) is 0.994. The Kier molecular flexibility index (Phi) is 6.53. The van der Waals surface area contributed by atoms with Crippen LogP contribution in [0.25, 0.3) is 43.9 Å². The minimum atomic E-state index is -1.17. The minimum absolute atomic E-state index is 0.0647. The molecule has 0 radical (unpaired) electrons. The summed E-state index contributed by atoms with van der Waals surface area (Å²) in [5.41, 5.74) is 5.20. The maximum Gasteiger partial charge on any atom is 0.241 e. The van der Waals surface area contributed by atoms with Crippen LogP contribution in [-0.4, -0.2) is 50.2 Å². The van der Waals surface area contributed by atoms with Gasteiger partial charge in [0.1, 0.15) is 5.41 Å². The Hall–Kier alpha value is -4.23. The second kappa shape index (κ2) is 10.2. The van der Waals surface area contributed by atoms with E-state index in [0.29, 0.717) is 43.4 Å². The number of nitrogens with one attached hydrogen (secondary N) is 2. The van der Waals surface area contributed by atoms with E-state index in [-0.39, 0.29) is 17.1 Å². The van der Waals surface area contributed by atoms with Crippen LogP contribution in [0.3, 0.4) is 0 Å². The highest BCUT2D eigenvalue weighted by Crippen LogP contribution is 2.39. The maximum absolute atomic E-state index is 13.2. The molecule has 0 bridgehead atoms. The van der Waals surface area contributed by atoms with Crippen molar-refractivity contribution in [3.63, 3.8) is 0 Å². The van der Waals surface area contributed by atoms with Gasteiger partial charge < -0.3 is 10.6 Å². The molecule has 9 nitrogen and oxygen atoms in total. The van der Waals surface area contributed by atoms with Crippen LogP contribution in [0.1, 0.15) is 24.0 Å². The molecule has 1 aliphatic rings. The number of aromatic nitrogens is 4. The second-order valence-corrected chi connectivity index (χ2v) is 10.4. The first-order valence-electron chi connectivity index (χ1n) is 12.8. The van der Waals surface area contributed by atoms with Crippen molar-refractivity contribution in [1.82, 2.24) is 30.6 Å². The third kappa shape index (κ3) is 4.42. The lowest BCUT2D eigenvalue weighted by Gasteiger charge is -2.19. The quantitative estimate of drug-likeness (QED) is 0.129. The van der Waals surface area contributed by atoms with E-state index >= 15 is 0 Å². The standard InChI is InChI=1S/C29H24BrN7O2/c30-15-23(38)32-7-1-2-8-35-28(39)29(16-31)13-17-11-21-22(12-18(17)14-29)37-27-20-6-4-10-34-25(20)24-19(26(27)36-21)5-3-9-33-24/h3-6,9-12H,1-2,7-8,13-15H2,(H,32,38)(H,35,39). The molecular formula is C29H24BrN7O2. The number of rotatable bonds is 7. The zero-order valence-corrected chi connectivity index (χ0v) is 22.6. The van der Waals surface area contributed by atoms with Gasteiger partial charge in [-0.25, -0.2) is 9.97 Å². The van der Waals surface area contributed by atoms with Crippen molar-refractivity contribution in [3.05, 3.63) is 59.9 Å². The molecule has 39 heavy (non-hydrogen) atoms. The molecule has 0 saturated carbocycles. The van der Waals surface area contributed by atoms with Crippen LogP contribution in [0.15, 0.2) is 48.8 Å². The molecule has 2 aromatic carbocycles. The van der Waals surface area contributed by atoms with Crippen molar-refractivity contribution in [2.45, 2.75) is 25.7 Å². The van der Waals surface area contributed by atoms with Gasteiger partial charge in [-0.15, -0.1) is 0 Å². The van der Waals surface area contributed by atoms with Gasteiger partial charge in [-0.1, -0.05) is 15.9 Å². The highest BCUT2D eigenvalue weighted by atomic mass is 79.9. The van der Waals surface area contributed by atoms with E-state index in [2.05, 4.69) is 42.6 Å². The van der Waals surface area contributed by atoms with Crippen LogP contribution in [-0.2, 0) is 22.4 Å². The summed E-state index contributed by atoms with van der Waals surface area (Å²) >= 11 is 3.11. The van der Waals surface area contributed by atoms with Crippen LogP contribution in [0.4, 0.5) is 0 Å². The fourth-order valence-electron chi connectivity index (χ4n) is 5.36. The number of carbonyl (C=O) groups is 2. The Morgan fingerprint density at radius 2 is 1.41 bits per heavy atom. The van der Waals surface area contributed by atoms with Gasteiger partial charge in [0.05, 0.1) is 44.5 Å². The van der Waals surface area contributed by atoms with Crippen molar-refractivity contribution >= 4 is 71.6 Å². The van der Waals surface area contributed by atoms with Crippen molar-refractivity contribution in [2.75, 3.05) is 18.4 Å². The number of nitrogens with zero attached hydrogens (tertiary/aromatic N) is 5. The molecule has 0 aliphatic heterocycles. The van der Waals surface area contributed by atoms with Gasteiger partial charge >= 0.3 is 0 Å². The number of unbranched alkanes of at least 4 members (excludes halogenated alkanes) is 1. The average molecular weight is 582 g/mol. The number of amides is 2. The van der Waals surface area contributed by atoms with E-state index in [1.165, 1.54) is 0 Å². The van der Waals surface area contributed by atoms with Crippen molar-refractivity contribution < 1.29 is 9.59 Å². The smallest absolute Gasteiger partial charge is 0.241 e. The lowest BCUT2D eigenvalue weighted by Crippen LogP contribution is -2.41. The Labute approximate surface area is 232 Å². The molecule has 0 atom stereocenters. The predicted molar refractivity (Wildman–Crippen MR) is 152 cm³/mol. The largest absolute Gasteiger partial charge is 0.355 e. The third-order valence-electron chi connectivity index (χ3n) is 7.30. The van der Waals surface area contributed by atoms with Gasteiger partial charge in [0.25, 0.3) is 0 Å². The van der Waals surface area contributed by atoms with Crippen LogP contribution < -0.4 is 10.6 Å².